The van der Waals surface area contributed by atoms with E-state index in [0.29, 0.717) is 16.7 Å². The molecule has 2 fully saturated rings. The molecule has 4 N–H and O–H groups in total. The standard InChI is InChI=1S/C28H33ClN6O2/c1-2-25(36)32-18-12-10-17(11-13-18)27(37)33-19-6-5-7-20(14-19)34-28-31-16-23(29)26(35-28)22-15-30-24-9-4-3-8-21(22)24/h2-4,8-9,15-20,30H,1,5-7,10-14H2,(H,32,36)(H,33,37)(H,31,34,35)/t17-,18-,19-,20+/m0/s1. The number of nitrogens with one attached hydrogen (secondary N) is 4. The zero-order valence-corrected chi connectivity index (χ0v) is 21.6. The number of nitrogens with zero attached hydrogens (tertiary/aromatic N) is 2. The summed E-state index contributed by atoms with van der Waals surface area (Å²) in [5, 5.41) is 11.3. The fourth-order valence-electron chi connectivity index (χ4n) is 5.61. The van der Waals surface area contributed by atoms with Crippen molar-refractivity contribution in [1.29, 1.82) is 0 Å². The molecule has 0 unspecified atom stereocenters. The Morgan fingerprint density at radius 2 is 1.81 bits per heavy atom. The number of hydrogen-bond donors (Lipinski definition) is 4. The first-order valence-electron chi connectivity index (χ1n) is 13.1. The number of halogens is 1. The minimum Gasteiger partial charge on any atom is -0.360 e. The van der Waals surface area contributed by atoms with Gasteiger partial charge in [0.15, 0.2) is 0 Å². The molecule has 194 valence electrons. The first kappa shape index (κ1) is 25.3. The highest BCUT2D eigenvalue weighted by atomic mass is 35.5. The molecule has 2 aliphatic rings. The third-order valence-electron chi connectivity index (χ3n) is 7.57. The zero-order chi connectivity index (χ0) is 25.8. The molecule has 0 bridgehead atoms. The molecule has 2 atom stereocenters. The van der Waals surface area contributed by atoms with E-state index in [9.17, 15) is 9.59 Å². The molecule has 0 aliphatic heterocycles. The fourth-order valence-corrected chi connectivity index (χ4v) is 5.80. The van der Waals surface area contributed by atoms with Gasteiger partial charge in [-0.15, -0.1) is 0 Å². The van der Waals surface area contributed by atoms with Gasteiger partial charge >= 0.3 is 0 Å². The summed E-state index contributed by atoms with van der Waals surface area (Å²) >= 11 is 6.49. The third kappa shape index (κ3) is 5.96. The van der Waals surface area contributed by atoms with Crippen molar-refractivity contribution in [2.45, 2.75) is 69.5 Å². The molecule has 3 aromatic rings. The highest BCUT2D eigenvalue weighted by Crippen LogP contribution is 2.33. The van der Waals surface area contributed by atoms with Crippen molar-refractivity contribution in [2.24, 2.45) is 5.92 Å². The van der Waals surface area contributed by atoms with Crippen molar-refractivity contribution in [1.82, 2.24) is 25.6 Å². The van der Waals surface area contributed by atoms with E-state index in [1.54, 1.807) is 6.20 Å². The van der Waals surface area contributed by atoms with E-state index in [0.717, 1.165) is 67.8 Å². The van der Waals surface area contributed by atoms with Gasteiger partial charge in [0.1, 0.15) is 0 Å². The molecule has 2 aliphatic carbocycles. The van der Waals surface area contributed by atoms with Gasteiger partial charge in [-0.1, -0.05) is 36.4 Å². The number of fused-ring (bicyclic) bond motifs is 1. The number of aromatic nitrogens is 3. The van der Waals surface area contributed by atoms with Gasteiger partial charge in [-0.05, 0) is 63.5 Å². The van der Waals surface area contributed by atoms with Crippen LogP contribution >= 0.6 is 11.6 Å². The Balaban J connectivity index is 1.17. The minimum atomic E-state index is -0.146. The van der Waals surface area contributed by atoms with Crippen LogP contribution in [0.2, 0.25) is 5.02 Å². The molecule has 9 heteroatoms. The molecule has 0 spiro atoms. The number of carbonyl (C=O) groups is 2. The molecule has 8 nitrogen and oxygen atoms in total. The summed E-state index contributed by atoms with van der Waals surface area (Å²) < 4.78 is 0. The molecule has 2 saturated carbocycles. The Morgan fingerprint density at radius 3 is 2.62 bits per heavy atom. The summed E-state index contributed by atoms with van der Waals surface area (Å²) in [6, 6.07) is 8.48. The Hall–Kier alpha value is -3.39. The van der Waals surface area contributed by atoms with Crippen LogP contribution in [0, 0.1) is 5.92 Å². The molecule has 0 radical (unpaired) electrons. The summed E-state index contributed by atoms with van der Waals surface area (Å²) in [7, 11) is 0. The normalized spacial score (nSPS) is 23.8. The van der Waals surface area contributed by atoms with Crippen molar-refractivity contribution in [3.05, 3.63) is 54.3 Å². The molecule has 0 saturated heterocycles. The molecular formula is C28H33ClN6O2. The smallest absolute Gasteiger partial charge is 0.243 e. The molecule has 2 aromatic heterocycles. The molecule has 2 amide bonds. The maximum absolute atomic E-state index is 13.0. The van der Waals surface area contributed by atoms with Crippen LogP contribution in [0.3, 0.4) is 0 Å². The lowest BCUT2D eigenvalue weighted by atomic mass is 9.84. The largest absolute Gasteiger partial charge is 0.360 e. The highest BCUT2D eigenvalue weighted by Gasteiger charge is 2.30. The summed E-state index contributed by atoms with van der Waals surface area (Å²) in [5.74, 6) is 0.528. The molecule has 37 heavy (non-hydrogen) atoms. The second-order valence-electron chi connectivity index (χ2n) is 10.1. The van der Waals surface area contributed by atoms with Gasteiger partial charge in [0.05, 0.1) is 16.9 Å². The predicted molar refractivity (Wildman–Crippen MR) is 146 cm³/mol. The average molecular weight is 521 g/mol. The average Bonchev–Trinajstić information content (AvgIpc) is 3.34. The van der Waals surface area contributed by atoms with Crippen LogP contribution in [0.5, 0.6) is 0 Å². The van der Waals surface area contributed by atoms with E-state index in [2.05, 4.69) is 32.5 Å². The summed E-state index contributed by atoms with van der Waals surface area (Å²) in [4.78, 5) is 37.0. The van der Waals surface area contributed by atoms with Crippen LogP contribution in [-0.2, 0) is 9.59 Å². The number of benzene rings is 1. The maximum Gasteiger partial charge on any atom is 0.243 e. The number of para-hydroxylation sites is 1. The van der Waals surface area contributed by atoms with E-state index in [4.69, 9.17) is 16.6 Å². The van der Waals surface area contributed by atoms with Gasteiger partial charge in [-0.3, -0.25) is 9.59 Å². The van der Waals surface area contributed by atoms with E-state index in [-0.39, 0.29) is 35.9 Å². The lowest BCUT2D eigenvalue weighted by molar-refractivity contribution is -0.127. The summed E-state index contributed by atoms with van der Waals surface area (Å²) in [5.41, 5.74) is 2.67. The summed E-state index contributed by atoms with van der Waals surface area (Å²) in [6.07, 6.45) is 11.9. The first-order valence-corrected chi connectivity index (χ1v) is 13.5. The summed E-state index contributed by atoms with van der Waals surface area (Å²) in [6.45, 7) is 3.50. The van der Waals surface area contributed by atoms with E-state index < -0.39 is 0 Å². The van der Waals surface area contributed by atoms with Gasteiger partial charge < -0.3 is 20.9 Å². The number of carbonyl (C=O) groups excluding carboxylic acids is 2. The van der Waals surface area contributed by atoms with Crippen LogP contribution in [0.15, 0.2) is 49.3 Å². The van der Waals surface area contributed by atoms with E-state index in [1.165, 1.54) is 6.08 Å². The van der Waals surface area contributed by atoms with Gasteiger partial charge in [-0.2, -0.15) is 0 Å². The van der Waals surface area contributed by atoms with Gasteiger partial charge in [0.2, 0.25) is 17.8 Å². The molecule has 1 aromatic carbocycles. The van der Waals surface area contributed by atoms with Gasteiger partial charge in [-0.25, -0.2) is 9.97 Å². The maximum atomic E-state index is 13.0. The lowest BCUT2D eigenvalue weighted by Gasteiger charge is -2.33. The Morgan fingerprint density at radius 1 is 1.03 bits per heavy atom. The third-order valence-corrected chi connectivity index (χ3v) is 7.85. The van der Waals surface area contributed by atoms with Crippen LogP contribution in [0.4, 0.5) is 5.95 Å². The van der Waals surface area contributed by atoms with Crippen molar-refractivity contribution in [3.8, 4) is 11.3 Å². The SMILES string of the molecule is C=CC(=O)N[C@H]1CC[C@H](C(=O)N[C@H]2CCC[C@@H](Nc3ncc(Cl)c(-c4c[nH]c5ccccc45)n3)C2)CC1. The van der Waals surface area contributed by atoms with Crippen LogP contribution < -0.4 is 16.0 Å². The number of H-pyrrole nitrogens is 1. The number of hydrogen-bond acceptors (Lipinski definition) is 5. The minimum absolute atomic E-state index is 0.00329. The number of aromatic amines is 1. The molecule has 2 heterocycles. The quantitative estimate of drug-likeness (QED) is 0.328. The number of rotatable bonds is 7. The Labute approximate surface area is 221 Å². The fraction of sp³-hybridized carbons (Fsp3) is 0.429. The lowest BCUT2D eigenvalue weighted by Crippen LogP contribution is -2.46. The number of anilines is 1. The van der Waals surface area contributed by atoms with Gasteiger partial charge in [0, 0.05) is 46.7 Å². The van der Waals surface area contributed by atoms with Crippen molar-refractivity contribution in [3.63, 3.8) is 0 Å². The second-order valence-corrected chi connectivity index (χ2v) is 10.5. The molecule has 5 rings (SSSR count). The Bertz CT molecular complexity index is 1280. The van der Waals surface area contributed by atoms with Crippen LogP contribution in [0.25, 0.3) is 22.2 Å². The van der Waals surface area contributed by atoms with E-state index >= 15 is 0 Å². The first-order chi connectivity index (χ1) is 18.0. The number of amides is 2. The van der Waals surface area contributed by atoms with Gasteiger partial charge in [0.25, 0.3) is 0 Å². The highest BCUT2D eigenvalue weighted by molar-refractivity contribution is 6.33. The Kier molecular flexibility index (Phi) is 7.74. The zero-order valence-electron chi connectivity index (χ0n) is 20.8. The topological polar surface area (TPSA) is 112 Å². The van der Waals surface area contributed by atoms with Crippen molar-refractivity contribution in [2.75, 3.05) is 5.32 Å². The van der Waals surface area contributed by atoms with Crippen molar-refractivity contribution >= 4 is 40.3 Å². The monoisotopic (exact) mass is 520 g/mol. The second kappa shape index (κ2) is 11.3. The van der Waals surface area contributed by atoms with E-state index in [1.807, 2.05) is 30.5 Å². The molecular weight excluding hydrogens is 488 g/mol. The van der Waals surface area contributed by atoms with Crippen LogP contribution in [-0.4, -0.2) is 44.9 Å². The van der Waals surface area contributed by atoms with Crippen LogP contribution in [0.1, 0.15) is 51.4 Å². The predicted octanol–water partition coefficient (Wildman–Crippen LogP) is 4.98. The van der Waals surface area contributed by atoms with Crippen molar-refractivity contribution < 1.29 is 9.59 Å².